The molecule has 1 saturated heterocycles. The summed E-state index contributed by atoms with van der Waals surface area (Å²) in [6, 6.07) is 14.6. The molecular weight excluding hydrogens is 362 g/mol. The number of nitrogens with zero attached hydrogens (tertiary/aromatic N) is 1. The molecule has 2 aliphatic carbocycles. The maximum Gasteiger partial charge on any atom is 0.238 e. The van der Waals surface area contributed by atoms with Crippen molar-refractivity contribution >= 4 is 29.1 Å². The molecule has 0 aromatic heterocycles. The van der Waals surface area contributed by atoms with Crippen LogP contribution >= 0.6 is 11.6 Å². The number of carbonyl (C=O) groups excluding carboxylic acids is 2. The monoisotopic (exact) mass is 379 g/mol. The first-order valence-corrected chi connectivity index (χ1v) is 9.53. The smallest absolute Gasteiger partial charge is 0.238 e. The number of fused-ring (bicyclic) bond motifs is 5. The molecule has 4 atom stereocenters. The van der Waals surface area contributed by atoms with Crippen LogP contribution in [-0.2, 0) is 16.2 Å². The molecule has 5 heteroatoms. The van der Waals surface area contributed by atoms with Crippen LogP contribution in [0.1, 0.15) is 12.0 Å². The van der Waals surface area contributed by atoms with E-state index in [9.17, 15) is 9.59 Å². The van der Waals surface area contributed by atoms with Crippen LogP contribution in [0.2, 0.25) is 5.02 Å². The molecule has 0 unspecified atom stereocenters. The SMILES string of the molecule is O=C1[C@@H]2[C@H](C(=O)N1c1ccc(OCc3ccccc3Cl)cc1)[C@H]1C=C[C@H]2C1. The molecule has 1 aliphatic heterocycles. The number of hydrogen-bond acceptors (Lipinski definition) is 3. The molecule has 2 bridgehead atoms. The van der Waals surface area contributed by atoms with Gasteiger partial charge in [-0.25, -0.2) is 0 Å². The van der Waals surface area contributed by atoms with Crippen molar-refractivity contribution in [3.05, 3.63) is 71.3 Å². The predicted octanol–water partition coefficient (Wildman–Crippen LogP) is 4.23. The van der Waals surface area contributed by atoms with Crippen molar-refractivity contribution in [2.75, 3.05) is 4.90 Å². The highest BCUT2D eigenvalue weighted by Gasteiger charge is 2.59. The molecule has 2 fully saturated rings. The Balaban J connectivity index is 1.32. The van der Waals surface area contributed by atoms with Crippen LogP contribution in [0.15, 0.2) is 60.7 Å². The van der Waals surface area contributed by atoms with Gasteiger partial charge in [-0.3, -0.25) is 14.5 Å². The lowest BCUT2D eigenvalue weighted by Gasteiger charge is -2.17. The van der Waals surface area contributed by atoms with Gasteiger partial charge in [-0.05, 0) is 48.6 Å². The maximum absolute atomic E-state index is 12.8. The van der Waals surface area contributed by atoms with Crippen LogP contribution in [0.25, 0.3) is 0 Å². The van der Waals surface area contributed by atoms with Gasteiger partial charge in [0.1, 0.15) is 12.4 Å². The fourth-order valence-electron chi connectivity index (χ4n) is 4.62. The number of imide groups is 1. The van der Waals surface area contributed by atoms with Crippen molar-refractivity contribution in [1.29, 1.82) is 0 Å². The van der Waals surface area contributed by atoms with Gasteiger partial charge in [0.15, 0.2) is 0 Å². The Hall–Kier alpha value is -2.59. The Morgan fingerprint density at radius 1 is 0.926 bits per heavy atom. The Kier molecular flexibility index (Phi) is 3.83. The van der Waals surface area contributed by atoms with Crippen LogP contribution in [0.5, 0.6) is 5.75 Å². The third-order valence-corrected chi connectivity index (χ3v) is 6.29. The minimum Gasteiger partial charge on any atom is -0.489 e. The second-order valence-electron chi connectivity index (χ2n) is 7.39. The quantitative estimate of drug-likeness (QED) is 0.590. The molecule has 4 nitrogen and oxygen atoms in total. The van der Waals surface area contributed by atoms with E-state index < -0.39 is 0 Å². The van der Waals surface area contributed by atoms with Crippen LogP contribution in [-0.4, -0.2) is 11.8 Å². The fraction of sp³-hybridized carbons (Fsp3) is 0.273. The van der Waals surface area contributed by atoms with Gasteiger partial charge in [0.05, 0.1) is 17.5 Å². The second kappa shape index (κ2) is 6.24. The molecule has 27 heavy (non-hydrogen) atoms. The molecule has 1 heterocycles. The van der Waals surface area contributed by atoms with Gasteiger partial charge in [-0.2, -0.15) is 0 Å². The fourth-order valence-corrected chi connectivity index (χ4v) is 4.82. The van der Waals surface area contributed by atoms with Crippen LogP contribution in [0.4, 0.5) is 5.69 Å². The lowest BCUT2D eigenvalue weighted by molar-refractivity contribution is -0.123. The van der Waals surface area contributed by atoms with Crippen LogP contribution < -0.4 is 9.64 Å². The lowest BCUT2D eigenvalue weighted by atomic mass is 9.85. The summed E-state index contributed by atoms with van der Waals surface area (Å²) >= 11 is 6.14. The number of anilines is 1. The minimum absolute atomic E-state index is 0.0633. The predicted molar refractivity (Wildman–Crippen MR) is 102 cm³/mol. The highest BCUT2D eigenvalue weighted by atomic mass is 35.5. The van der Waals surface area contributed by atoms with Crippen molar-refractivity contribution in [2.45, 2.75) is 13.0 Å². The number of amides is 2. The highest BCUT2D eigenvalue weighted by molar-refractivity contribution is 6.31. The number of hydrogen-bond donors (Lipinski definition) is 0. The topological polar surface area (TPSA) is 46.6 Å². The van der Waals surface area contributed by atoms with E-state index in [1.165, 1.54) is 4.90 Å². The number of halogens is 1. The van der Waals surface area contributed by atoms with E-state index in [2.05, 4.69) is 12.2 Å². The Morgan fingerprint density at radius 2 is 1.56 bits per heavy atom. The lowest BCUT2D eigenvalue weighted by Crippen LogP contribution is -2.32. The van der Waals surface area contributed by atoms with Gasteiger partial charge in [0.2, 0.25) is 11.8 Å². The van der Waals surface area contributed by atoms with E-state index in [1.807, 2.05) is 24.3 Å². The van der Waals surface area contributed by atoms with Gasteiger partial charge in [0, 0.05) is 10.6 Å². The molecule has 0 radical (unpaired) electrons. The summed E-state index contributed by atoms with van der Waals surface area (Å²) < 4.78 is 5.78. The van der Waals surface area contributed by atoms with Crippen LogP contribution in [0, 0.1) is 23.7 Å². The van der Waals surface area contributed by atoms with Crippen molar-refractivity contribution < 1.29 is 14.3 Å². The Labute approximate surface area is 162 Å². The van der Waals surface area contributed by atoms with E-state index in [-0.39, 0.29) is 35.5 Å². The van der Waals surface area contributed by atoms with Gasteiger partial charge < -0.3 is 4.74 Å². The van der Waals surface area contributed by atoms with E-state index in [0.717, 1.165) is 12.0 Å². The Bertz CT molecular complexity index is 922. The average Bonchev–Trinajstić information content (AvgIpc) is 3.36. The highest BCUT2D eigenvalue weighted by Crippen LogP contribution is 2.53. The van der Waals surface area contributed by atoms with E-state index >= 15 is 0 Å². The summed E-state index contributed by atoms with van der Waals surface area (Å²) in [6.07, 6.45) is 5.15. The molecule has 2 amide bonds. The molecule has 5 rings (SSSR count). The zero-order chi connectivity index (χ0) is 18.5. The first kappa shape index (κ1) is 16.6. The number of benzene rings is 2. The van der Waals surface area contributed by atoms with Crippen molar-refractivity contribution in [3.8, 4) is 5.75 Å². The van der Waals surface area contributed by atoms with Gasteiger partial charge in [0.25, 0.3) is 0 Å². The van der Waals surface area contributed by atoms with Crippen molar-refractivity contribution in [1.82, 2.24) is 0 Å². The average molecular weight is 380 g/mol. The molecular formula is C22H18ClNO3. The summed E-state index contributed by atoms with van der Waals surface area (Å²) in [6.45, 7) is 0.361. The zero-order valence-corrected chi connectivity index (χ0v) is 15.3. The number of carbonyl (C=O) groups is 2. The second-order valence-corrected chi connectivity index (χ2v) is 7.79. The molecule has 2 aromatic carbocycles. The third-order valence-electron chi connectivity index (χ3n) is 5.92. The summed E-state index contributed by atoms with van der Waals surface area (Å²) in [5.74, 6) is 0.629. The van der Waals surface area contributed by atoms with Crippen molar-refractivity contribution in [2.24, 2.45) is 23.7 Å². The first-order valence-electron chi connectivity index (χ1n) is 9.16. The zero-order valence-electron chi connectivity index (χ0n) is 14.5. The molecule has 2 aromatic rings. The minimum atomic E-state index is -0.177. The number of ether oxygens (including phenoxy) is 1. The molecule has 0 N–H and O–H groups in total. The summed E-state index contributed by atoms with van der Waals surface area (Å²) in [5, 5.41) is 0.664. The van der Waals surface area contributed by atoms with Gasteiger partial charge in [-0.1, -0.05) is 42.0 Å². The normalized spacial score (nSPS) is 28.1. The third kappa shape index (κ3) is 2.59. The number of allylic oxidation sites excluding steroid dienone is 2. The molecule has 1 saturated carbocycles. The summed E-state index contributed by atoms with van der Waals surface area (Å²) in [7, 11) is 0. The van der Waals surface area contributed by atoms with Crippen LogP contribution in [0.3, 0.4) is 0 Å². The summed E-state index contributed by atoms with van der Waals surface area (Å²) in [5.41, 5.74) is 1.52. The molecule has 3 aliphatic rings. The van der Waals surface area contributed by atoms with Crippen molar-refractivity contribution in [3.63, 3.8) is 0 Å². The number of rotatable bonds is 4. The van der Waals surface area contributed by atoms with Gasteiger partial charge in [-0.15, -0.1) is 0 Å². The molecule has 136 valence electrons. The first-order chi connectivity index (χ1) is 13.1. The van der Waals surface area contributed by atoms with E-state index in [1.54, 1.807) is 24.3 Å². The largest absolute Gasteiger partial charge is 0.489 e. The standard InChI is InChI=1S/C22H18ClNO3/c23-18-4-2-1-3-15(18)12-27-17-9-7-16(8-10-17)24-21(25)19-13-5-6-14(11-13)20(19)22(24)26/h1-10,13-14,19-20H,11-12H2/t13-,14-,19-,20+/m0/s1. The molecule has 0 spiro atoms. The Morgan fingerprint density at radius 3 is 2.19 bits per heavy atom. The van der Waals surface area contributed by atoms with E-state index in [0.29, 0.717) is 23.1 Å². The summed E-state index contributed by atoms with van der Waals surface area (Å²) in [4.78, 5) is 27.1. The maximum atomic E-state index is 12.8. The van der Waals surface area contributed by atoms with Gasteiger partial charge >= 0.3 is 0 Å². The van der Waals surface area contributed by atoms with E-state index in [4.69, 9.17) is 16.3 Å².